The maximum atomic E-state index is 11.4. The van der Waals surface area contributed by atoms with Crippen LogP contribution in [0.4, 0.5) is 0 Å². The Morgan fingerprint density at radius 1 is 1.47 bits per heavy atom. The van der Waals surface area contributed by atoms with Gasteiger partial charge in [-0.25, -0.2) is 4.79 Å². The smallest absolute Gasteiger partial charge is 0.354 e. The lowest BCUT2D eigenvalue weighted by Gasteiger charge is -2.45. The third-order valence-corrected chi connectivity index (χ3v) is 4.36. The molecule has 2 bridgehead atoms. The number of ether oxygens (including phenoxy) is 1. The Hall–Kier alpha value is -1.33. The topological polar surface area (TPSA) is 57.4 Å². The molecule has 4 heterocycles. The molecule has 0 radical (unpaired) electrons. The molecule has 0 spiro atoms. The fourth-order valence-corrected chi connectivity index (χ4v) is 3.21. The van der Waals surface area contributed by atoms with Gasteiger partial charge in [0, 0.05) is 24.8 Å². The minimum atomic E-state index is -0.311. The lowest BCUT2D eigenvalue weighted by molar-refractivity contribution is 0.0594. The van der Waals surface area contributed by atoms with Gasteiger partial charge in [0.05, 0.1) is 7.11 Å². The van der Waals surface area contributed by atoms with Crippen LogP contribution in [0.25, 0.3) is 0 Å². The van der Waals surface area contributed by atoms with Gasteiger partial charge in [0.1, 0.15) is 5.69 Å². The minimum absolute atomic E-state index is 0.311. The molecule has 1 unspecified atom stereocenters. The van der Waals surface area contributed by atoms with Crippen molar-refractivity contribution in [3.63, 3.8) is 0 Å². The van der Waals surface area contributed by atoms with Crippen LogP contribution in [0.1, 0.15) is 29.0 Å². The van der Waals surface area contributed by atoms with Crippen LogP contribution in [0.3, 0.4) is 0 Å². The van der Waals surface area contributed by atoms with Crippen LogP contribution in [-0.4, -0.2) is 48.6 Å². The van der Waals surface area contributed by atoms with Crippen molar-refractivity contribution in [2.45, 2.75) is 25.4 Å². The monoisotopic (exact) mass is 263 g/mol. The molecule has 5 heteroatoms. The normalized spacial score (nSPS) is 29.4. The predicted octanol–water partition coefficient (Wildman–Crippen LogP) is 0.985. The lowest BCUT2D eigenvalue weighted by Crippen LogP contribution is -2.55. The van der Waals surface area contributed by atoms with Crippen molar-refractivity contribution < 1.29 is 9.53 Å². The molecule has 4 rings (SSSR count). The molecule has 0 amide bonds. The molecule has 1 aromatic heterocycles. The highest BCUT2D eigenvalue weighted by molar-refractivity contribution is 5.87. The van der Waals surface area contributed by atoms with Crippen molar-refractivity contribution in [3.8, 4) is 0 Å². The van der Waals surface area contributed by atoms with E-state index in [1.165, 1.54) is 33.0 Å². The van der Waals surface area contributed by atoms with Crippen LogP contribution < -0.4 is 5.32 Å². The number of H-pyrrole nitrogens is 1. The Labute approximate surface area is 113 Å². The Morgan fingerprint density at radius 2 is 2.26 bits per heavy atom. The Bertz CT molecular complexity index is 449. The summed E-state index contributed by atoms with van der Waals surface area (Å²) in [5, 5.41) is 3.61. The summed E-state index contributed by atoms with van der Waals surface area (Å²) in [6.45, 7) is 4.47. The average molecular weight is 263 g/mol. The number of hydrogen-bond donors (Lipinski definition) is 2. The van der Waals surface area contributed by atoms with Gasteiger partial charge < -0.3 is 19.9 Å². The zero-order chi connectivity index (χ0) is 13.2. The SMILES string of the molecule is COC(=O)c1ccc(CNC2CN3CCC2CC3)[nH]1. The molecule has 3 fully saturated rings. The van der Waals surface area contributed by atoms with Crippen molar-refractivity contribution >= 4 is 5.97 Å². The standard InChI is InChI=1S/C14H21N3O2/c1-19-14(18)12-3-2-11(16-12)8-15-13-9-17-6-4-10(13)5-7-17/h2-3,10,13,15-16H,4-9H2,1H3. The number of aromatic amines is 1. The highest BCUT2D eigenvalue weighted by Gasteiger charge is 2.33. The van der Waals surface area contributed by atoms with E-state index in [9.17, 15) is 4.79 Å². The lowest BCUT2D eigenvalue weighted by atomic mass is 9.84. The van der Waals surface area contributed by atoms with Crippen LogP contribution in [0, 0.1) is 5.92 Å². The van der Waals surface area contributed by atoms with Crippen LogP contribution in [0.15, 0.2) is 12.1 Å². The van der Waals surface area contributed by atoms with Crippen molar-refractivity contribution in [3.05, 3.63) is 23.5 Å². The molecule has 3 aliphatic heterocycles. The van der Waals surface area contributed by atoms with Gasteiger partial charge in [-0.2, -0.15) is 0 Å². The summed E-state index contributed by atoms with van der Waals surface area (Å²) in [6.07, 6.45) is 2.63. The number of carbonyl (C=O) groups excluding carboxylic acids is 1. The zero-order valence-corrected chi connectivity index (χ0v) is 11.3. The molecule has 19 heavy (non-hydrogen) atoms. The van der Waals surface area contributed by atoms with Crippen molar-refractivity contribution in [1.29, 1.82) is 0 Å². The van der Waals surface area contributed by atoms with E-state index in [0.29, 0.717) is 11.7 Å². The molecule has 3 aliphatic rings. The predicted molar refractivity (Wildman–Crippen MR) is 71.9 cm³/mol. The van der Waals surface area contributed by atoms with Gasteiger partial charge in [-0.1, -0.05) is 0 Å². The number of methoxy groups -OCH3 is 1. The van der Waals surface area contributed by atoms with E-state index < -0.39 is 0 Å². The largest absolute Gasteiger partial charge is 0.464 e. The van der Waals surface area contributed by atoms with E-state index in [2.05, 4.69) is 19.9 Å². The van der Waals surface area contributed by atoms with E-state index in [-0.39, 0.29) is 5.97 Å². The number of rotatable bonds is 4. The van der Waals surface area contributed by atoms with E-state index in [1.807, 2.05) is 6.07 Å². The second-order valence-corrected chi connectivity index (χ2v) is 5.51. The Kier molecular flexibility index (Phi) is 3.57. The number of hydrogen-bond acceptors (Lipinski definition) is 4. The van der Waals surface area contributed by atoms with E-state index >= 15 is 0 Å². The molecule has 1 aromatic rings. The van der Waals surface area contributed by atoms with Gasteiger partial charge in [-0.05, 0) is 44.0 Å². The summed E-state index contributed by atoms with van der Waals surface area (Å²) in [7, 11) is 1.40. The molecule has 2 N–H and O–H groups in total. The summed E-state index contributed by atoms with van der Waals surface area (Å²) < 4.78 is 4.69. The summed E-state index contributed by atoms with van der Waals surface area (Å²) >= 11 is 0. The minimum Gasteiger partial charge on any atom is -0.464 e. The number of nitrogens with one attached hydrogen (secondary N) is 2. The first-order valence-corrected chi connectivity index (χ1v) is 6.98. The summed E-state index contributed by atoms with van der Waals surface area (Å²) in [5.41, 5.74) is 1.56. The number of aromatic nitrogens is 1. The quantitative estimate of drug-likeness (QED) is 0.795. The molecule has 3 saturated heterocycles. The maximum absolute atomic E-state index is 11.4. The van der Waals surface area contributed by atoms with Crippen molar-refractivity contribution in [2.24, 2.45) is 5.92 Å². The van der Waals surface area contributed by atoms with E-state index in [0.717, 1.165) is 24.7 Å². The average Bonchev–Trinajstić information content (AvgIpc) is 2.94. The van der Waals surface area contributed by atoms with Crippen LogP contribution >= 0.6 is 0 Å². The summed E-state index contributed by atoms with van der Waals surface area (Å²) in [5.74, 6) is 0.508. The number of nitrogens with zero attached hydrogens (tertiary/aromatic N) is 1. The highest BCUT2D eigenvalue weighted by Crippen LogP contribution is 2.27. The van der Waals surface area contributed by atoms with E-state index in [1.54, 1.807) is 6.07 Å². The van der Waals surface area contributed by atoms with Gasteiger partial charge in [0.2, 0.25) is 0 Å². The van der Waals surface area contributed by atoms with Crippen LogP contribution in [0.2, 0.25) is 0 Å². The molecule has 5 nitrogen and oxygen atoms in total. The number of esters is 1. The molecular formula is C14H21N3O2. The van der Waals surface area contributed by atoms with Crippen molar-refractivity contribution in [2.75, 3.05) is 26.7 Å². The first kappa shape index (κ1) is 12.7. The Balaban J connectivity index is 1.55. The summed E-state index contributed by atoms with van der Waals surface area (Å²) in [4.78, 5) is 17.0. The highest BCUT2D eigenvalue weighted by atomic mass is 16.5. The van der Waals surface area contributed by atoms with E-state index in [4.69, 9.17) is 0 Å². The molecule has 0 aliphatic carbocycles. The van der Waals surface area contributed by atoms with Gasteiger partial charge in [0.25, 0.3) is 0 Å². The third kappa shape index (κ3) is 2.67. The Morgan fingerprint density at radius 3 is 2.89 bits per heavy atom. The second-order valence-electron chi connectivity index (χ2n) is 5.51. The number of carbonyl (C=O) groups is 1. The number of piperidine rings is 3. The molecular weight excluding hydrogens is 242 g/mol. The number of fused-ring (bicyclic) bond motifs is 3. The van der Waals surface area contributed by atoms with Gasteiger partial charge in [-0.3, -0.25) is 0 Å². The van der Waals surface area contributed by atoms with Crippen LogP contribution in [0.5, 0.6) is 0 Å². The molecule has 0 aromatic carbocycles. The maximum Gasteiger partial charge on any atom is 0.354 e. The fourth-order valence-electron chi connectivity index (χ4n) is 3.21. The van der Waals surface area contributed by atoms with Gasteiger partial charge in [-0.15, -0.1) is 0 Å². The molecule has 1 atom stereocenters. The molecule has 104 valence electrons. The second kappa shape index (κ2) is 5.35. The third-order valence-electron chi connectivity index (χ3n) is 4.36. The molecule has 0 saturated carbocycles. The van der Waals surface area contributed by atoms with Crippen LogP contribution in [-0.2, 0) is 11.3 Å². The van der Waals surface area contributed by atoms with Gasteiger partial charge >= 0.3 is 5.97 Å². The fraction of sp³-hybridized carbons (Fsp3) is 0.643. The van der Waals surface area contributed by atoms with Gasteiger partial charge in [0.15, 0.2) is 0 Å². The van der Waals surface area contributed by atoms with Crippen molar-refractivity contribution in [1.82, 2.24) is 15.2 Å². The first-order chi connectivity index (χ1) is 9.26. The summed E-state index contributed by atoms with van der Waals surface area (Å²) in [6, 6.07) is 4.31. The first-order valence-electron chi connectivity index (χ1n) is 6.98. The zero-order valence-electron chi connectivity index (χ0n) is 11.3.